The first-order valence-electron chi connectivity index (χ1n) is 19.2. The molecule has 2 rings (SSSR count). The molecule has 53 heavy (non-hydrogen) atoms. The van der Waals surface area contributed by atoms with Crippen LogP contribution in [-0.2, 0) is 77.7 Å². The second kappa shape index (κ2) is 40.3. The third-order valence-electron chi connectivity index (χ3n) is 7.24. The molecule has 1 atom stereocenters. The Morgan fingerprint density at radius 2 is 0.660 bits per heavy atom. The molecule has 0 saturated carbocycles. The van der Waals surface area contributed by atoms with E-state index in [0.717, 1.165) is 31.4 Å². The summed E-state index contributed by atoms with van der Waals surface area (Å²) in [4.78, 5) is 0. The van der Waals surface area contributed by atoms with Gasteiger partial charge in [-0.2, -0.15) is 0 Å². The lowest BCUT2D eigenvalue weighted by Gasteiger charge is -2.22. The molecule has 1 aromatic rings. The molecule has 0 spiro atoms. The fourth-order valence-electron chi connectivity index (χ4n) is 4.48. The molecule has 0 bridgehead atoms. The molecule has 0 aliphatic carbocycles. The van der Waals surface area contributed by atoms with E-state index in [1.54, 1.807) is 0 Å². The summed E-state index contributed by atoms with van der Waals surface area (Å²) in [7, 11) is 0. The van der Waals surface area contributed by atoms with E-state index >= 15 is 0 Å². The average Bonchev–Trinajstić information content (AvgIpc) is 3.19. The van der Waals surface area contributed by atoms with Crippen molar-refractivity contribution in [1.29, 1.82) is 0 Å². The van der Waals surface area contributed by atoms with E-state index in [0.29, 0.717) is 178 Å². The summed E-state index contributed by atoms with van der Waals surface area (Å²) < 4.78 is 82.7. The van der Waals surface area contributed by atoms with Crippen molar-refractivity contribution in [3.05, 3.63) is 35.9 Å². The first-order valence-corrected chi connectivity index (χ1v) is 19.2. The van der Waals surface area contributed by atoms with Crippen molar-refractivity contribution < 1.29 is 71.1 Å². The van der Waals surface area contributed by atoms with Crippen molar-refractivity contribution in [2.75, 3.05) is 178 Å². The van der Waals surface area contributed by atoms with Crippen LogP contribution in [0.15, 0.2) is 30.3 Å². The molecule has 1 aliphatic rings. The molecule has 1 heterocycles. The van der Waals surface area contributed by atoms with Crippen LogP contribution in [0.1, 0.15) is 24.8 Å². The summed E-state index contributed by atoms with van der Waals surface area (Å²) in [6.45, 7) is 14.9. The predicted octanol–water partition coefficient (Wildman–Crippen LogP) is 2.95. The second-order valence-corrected chi connectivity index (χ2v) is 11.6. The van der Waals surface area contributed by atoms with Gasteiger partial charge < -0.3 is 71.1 Å². The lowest BCUT2D eigenvalue weighted by atomic mass is 10.2. The smallest absolute Gasteiger partial charge is 0.157 e. The van der Waals surface area contributed by atoms with Gasteiger partial charge in [0.15, 0.2) is 6.29 Å². The van der Waals surface area contributed by atoms with E-state index in [1.807, 2.05) is 30.3 Å². The molecule has 0 amide bonds. The molecule has 1 unspecified atom stereocenters. The van der Waals surface area contributed by atoms with E-state index < -0.39 is 0 Å². The van der Waals surface area contributed by atoms with Gasteiger partial charge in [0.1, 0.15) is 0 Å². The Bertz CT molecular complexity index is 835. The van der Waals surface area contributed by atoms with Crippen LogP contribution < -0.4 is 0 Å². The molecule has 1 saturated heterocycles. The molecule has 15 heteroatoms. The van der Waals surface area contributed by atoms with Gasteiger partial charge in [-0.15, -0.1) is 0 Å². The maximum atomic E-state index is 5.61. The van der Waals surface area contributed by atoms with Crippen LogP contribution in [0, 0.1) is 0 Å². The van der Waals surface area contributed by atoms with Crippen molar-refractivity contribution in [2.24, 2.45) is 0 Å². The first kappa shape index (κ1) is 47.8. The van der Waals surface area contributed by atoms with Crippen LogP contribution in [0.3, 0.4) is 0 Å². The molecular weight excluding hydrogens is 696 g/mol. The SMILES string of the molecule is c1ccc(COCCOCCOCCOCCOCCOCCOCCOCCOCCOCCOCCOCCOCCOC2CCCCO2)cc1. The summed E-state index contributed by atoms with van der Waals surface area (Å²) in [6, 6.07) is 10.1. The van der Waals surface area contributed by atoms with Crippen molar-refractivity contribution in [2.45, 2.75) is 32.2 Å². The zero-order chi connectivity index (χ0) is 37.2. The van der Waals surface area contributed by atoms with Crippen molar-refractivity contribution in [3.63, 3.8) is 0 Å². The number of rotatable bonds is 42. The van der Waals surface area contributed by atoms with Gasteiger partial charge in [0, 0.05) is 6.61 Å². The highest BCUT2D eigenvalue weighted by Gasteiger charge is 2.13. The Kier molecular flexibility index (Phi) is 36.3. The average molecular weight is 765 g/mol. The minimum absolute atomic E-state index is 0.0680. The van der Waals surface area contributed by atoms with E-state index in [2.05, 4.69) is 0 Å². The van der Waals surface area contributed by atoms with Gasteiger partial charge in [-0.05, 0) is 24.8 Å². The molecule has 310 valence electrons. The fourth-order valence-corrected chi connectivity index (χ4v) is 4.48. The van der Waals surface area contributed by atoms with Gasteiger partial charge in [-0.3, -0.25) is 0 Å². The largest absolute Gasteiger partial charge is 0.377 e. The molecule has 1 aliphatic heterocycles. The Hall–Kier alpha value is -1.38. The van der Waals surface area contributed by atoms with Gasteiger partial charge >= 0.3 is 0 Å². The van der Waals surface area contributed by atoms with E-state index in [1.165, 1.54) is 0 Å². The van der Waals surface area contributed by atoms with Crippen LogP contribution >= 0.6 is 0 Å². The molecule has 15 nitrogen and oxygen atoms in total. The van der Waals surface area contributed by atoms with Gasteiger partial charge in [-0.1, -0.05) is 30.3 Å². The standard InChI is InChI=1S/C38H68O15/c1-2-6-37(7-3-1)36-51-33-32-49-29-28-47-25-24-45-21-20-43-17-16-41-13-12-39-10-11-40-14-15-42-18-19-44-22-23-46-26-27-48-30-31-50-34-35-53-38-8-4-5-9-52-38/h1-3,6-7,38H,4-5,8-36H2. The van der Waals surface area contributed by atoms with E-state index in [4.69, 9.17) is 71.1 Å². The summed E-state index contributed by atoms with van der Waals surface area (Å²) in [5.41, 5.74) is 1.16. The van der Waals surface area contributed by atoms with Gasteiger partial charge in [-0.25, -0.2) is 0 Å². The minimum Gasteiger partial charge on any atom is -0.377 e. The Morgan fingerprint density at radius 1 is 0.358 bits per heavy atom. The fraction of sp³-hybridized carbons (Fsp3) is 0.842. The lowest BCUT2D eigenvalue weighted by Crippen LogP contribution is -2.24. The topological polar surface area (TPSA) is 138 Å². The summed E-state index contributed by atoms with van der Waals surface area (Å²) in [5, 5.41) is 0. The van der Waals surface area contributed by atoms with Crippen molar-refractivity contribution >= 4 is 0 Å². The Balaban J connectivity index is 1.11. The van der Waals surface area contributed by atoms with Crippen molar-refractivity contribution in [1.82, 2.24) is 0 Å². The number of ether oxygens (including phenoxy) is 15. The third kappa shape index (κ3) is 34.8. The quantitative estimate of drug-likeness (QED) is 0.0902. The zero-order valence-electron chi connectivity index (χ0n) is 32.0. The normalized spacial score (nSPS) is 14.7. The third-order valence-corrected chi connectivity index (χ3v) is 7.24. The van der Waals surface area contributed by atoms with Crippen LogP contribution in [0.2, 0.25) is 0 Å². The molecule has 1 fully saturated rings. The first-order chi connectivity index (χ1) is 26.4. The lowest BCUT2D eigenvalue weighted by molar-refractivity contribution is -0.169. The molecular formula is C38H68O15. The van der Waals surface area contributed by atoms with Crippen molar-refractivity contribution in [3.8, 4) is 0 Å². The van der Waals surface area contributed by atoms with E-state index in [-0.39, 0.29) is 6.29 Å². The van der Waals surface area contributed by atoms with E-state index in [9.17, 15) is 0 Å². The summed E-state index contributed by atoms with van der Waals surface area (Å²) >= 11 is 0. The summed E-state index contributed by atoms with van der Waals surface area (Å²) in [5.74, 6) is 0. The second-order valence-electron chi connectivity index (χ2n) is 11.6. The highest BCUT2D eigenvalue weighted by atomic mass is 16.7. The van der Waals surface area contributed by atoms with Crippen LogP contribution in [0.25, 0.3) is 0 Å². The molecule has 1 aromatic carbocycles. The molecule has 0 radical (unpaired) electrons. The van der Waals surface area contributed by atoms with Crippen LogP contribution in [-0.4, -0.2) is 185 Å². The maximum Gasteiger partial charge on any atom is 0.157 e. The van der Waals surface area contributed by atoms with Crippen LogP contribution in [0.4, 0.5) is 0 Å². The Labute approximate surface area is 317 Å². The highest BCUT2D eigenvalue weighted by molar-refractivity contribution is 5.13. The molecule has 0 aromatic heterocycles. The maximum absolute atomic E-state index is 5.61. The van der Waals surface area contributed by atoms with Gasteiger partial charge in [0.25, 0.3) is 0 Å². The minimum atomic E-state index is -0.0680. The van der Waals surface area contributed by atoms with Gasteiger partial charge in [0.2, 0.25) is 0 Å². The highest BCUT2D eigenvalue weighted by Crippen LogP contribution is 2.13. The summed E-state index contributed by atoms with van der Waals surface area (Å²) in [6.07, 6.45) is 3.18. The number of benzene rings is 1. The predicted molar refractivity (Wildman–Crippen MR) is 195 cm³/mol. The van der Waals surface area contributed by atoms with Gasteiger partial charge in [0.05, 0.1) is 178 Å². The van der Waals surface area contributed by atoms with Crippen LogP contribution in [0.5, 0.6) is 0 Å². The molecule has 0 N–H and O–H groups in total. The Morgan fingerprint density at radius 3 is 0.962 bits per heavy atom. The zero-order valence-corrected chi connectivity index (χ0v) is 32.0. The number of hydrogen-bond donors (Lipinski definition) is 0. The number of hydrogen-bond acceptors (Lipinski definition) is 15. The monoisotopic (exact) mass is 764 g/mol.